The molecule has 2 aliphatic heterocycles. The summed E-state index contributed by atoms with van der Waals surface area (Å²) < 4.78 is 33.9. The molecule has 4 aromatic rings. The molecule has 4 heterocycles. The molecule has 9 rings (SSSR count). The van der Waals surface area contributed by atoms with Gasteiger partial charge in [-0.1, -0.05) is 79.6 Å². The van der Waals surface area contributed by atoms with Crippen LogP contribution in [-0.2, 0) is 29.1 Å². The molecule has 5 aliphatic rings. The summed E-state index contributed by atoms with van der Waals surface area (Å²) in [5.41, 5.74) is 2.01. The number of hydrogen-bond acceptors (Lipinski definition) is 10. The van der Waals surface area contributed by atoms with E-state index in [1.807, 2.05) is 72.8 Å². The number of carbonyl (C=O) groups is 4. The number of hydrogen-bond donors (Lipinski definition) is 3. The number of amides is 4. The van der Waals surface area contributed by atoms with Gasteiger partial charge in [-0.05, 0) is 70.3 Å². The SMILES string of the molecule is O=C(N[C@H]1CCCCC/C=C\C2C[C@@]2(C(=O)NS(=O)(=O)C2CC2)NC(=O)[C@@H]2C[C@@H](n3nc(-c4ccccc4)c(-c4cccc5cccnc45)n3)CN2C1=O)OC1CCCC1. The zero-order valence-corrected chi connectivity index (χ0v) is 34.2. The van der Waals surface area contributed by atoms with Gasteiger partial charge < -0.3 is 20.3 Å². The van der Waals surface area contributed by atoms with Crippen LogP contribution < -0.4 is 15.4 Å². The van der Waals surface area contributed by atoms with E-state index in [1.54, 1.807) is 11.0 Å². The van der Waals surface area contributed by atoms with Crippen LogP contribution in [0.5, 0.6) is 0 Å². The van der Waals surface area contributed by atoms with E-state index in [2.05, 4.69) is 20.3 Å². The molecule has 2 aromatic carbocycles. The number of nitrogens with one attached hydrogen (secondary N) is 3. The average molecular weight is 835 g/mol. The third-order valence-electron chi connectivity index (χ3n) is 12.6. The summed E-state index contributed by atoms with van der Waals surface area (Å²) in [6, 6.07) is 16.7. The molecule has 4 amide bonds. The van der Waals surface area contributed by atoms with Crippen LogP contribution in [-0.4, -0.2) is 92.6 Å². The molecule has 0 radical (unpaired) electrons. The van der Waals surface area contributed by atoms with Crippen molar-refractivity contribution in [2.75, 3.05) is 6.54 Å². The largest absolute Gasteiger partial charge is 0.446 e. The maximum absolute atomic E-state index is 14.8. The number of aromatic nitrogens is 4. The van der Waals surface area contributed by atoms with Crippen molar-refractivity contribution in [3.63, 3.8) is 0 Å². The van der Waals surface area contributed by atoms with Crippen LogP contribution in [0.4, 0.5) is 4.79 Å². The molecule has 1 unspecified atom stereocenters. The first-order valence-electron chi connectivity index (χ1n) is 21.3. The molecular weight excluding hydrogens is 785 g/mol. The van der Waals surface area contributed by atoms with Crippen LogP contribution >= 0.6 is 0 Å². The Morgan fingerprint density at radius 1 is 0.867 bits per heavy atom. The van der Waals surface area contributed by atoms with Crippen LogP contribution in [0.1, 0.15) is 89.5 Å². The van der Waals surface area contributed by atoms with Crippen molar-refractivity contribution in [1.82, 2.24) is 40.2 Å². The molecule has 0 bridgehead atoms. The standard InChI is InChI=1S/C44H50N8O7S/c53-40-36-25-31(52-48-38(29-13-5-4-6-14-29)39(49-52)34-20-11-15-28-16-12-24-45-37(28)34)27-51(36)41(54)35(46-43(56)59-32-18-9-10-19-32)21-8-3-1-2-7-17-30-26-44(30,47-40)42(55)50-60(57,58)33-22-23-33/h4-7,11-17,20,24,30-33,35-36H,1-3,8-10,18-19,21-23,25-27H2,(H,46,56)(H,47,53)(H,50,55)/b17-7-/t30?,31-,35+,36+,44-/m1/s1. The molecule has 0 spiro atoms. The number of ether oxygens (including phenoxy) is 1. The van der Waals surface area contributed by atoms with E-state index in [9.17, 15) is 27.6 Å². The fraction of sp³-hybridized carbons (Fsp3) is 0.477. The molecule has 3 saturated carbocycles. The lowest BCUT2D eigenvalue weighted by atomic mass is 10.0. The number of benzene rings is 2. The minimum Gasteiger partial charge on any atom is -0.446 e. The highest BCUT2D eigenvalue weighted by Crippen LogP contribution is 2.46. The number of fused-ring (bicyclic) bond motifs is 3. The first-order chi connectivity index (χ1) is 29.1. The molecule has 3 N–H and O–H groups in total. The number of alkyl carbamates (subject to hydrolysis) is 1. The summed E-state index contributed by atoms with van der Waals surface area (Å²) >= 11 is 0. The Morgan fingerprint density at radius 2 is 1.63 bits per heavy atom. The molecule has 1 saturated heterocycles. The number of allylic oxidation sites excluding steroid dienone is 1. The average Bonchev–Trinajstić information content (AvgIpc) is 4.02. The van der Waals surface area contributed by atoms with Gasteiger partial charge >= 0.3 is 6.09 Å². The summed E-state index contributed by atoms with van der Waals surface area (Å²) in [5.74, 6) is -2.26. The second-order valence-corrected chi connectivity index (χ2v) is 18.8. The molecule has 314 valence electrons. The second kappa shape index (κ2) is 16.4. The van der Waals surface area contributed by atoms with Crippen LogP contribution in [0.25, 0.3) is 33.4 Å². The van der Waals surface area contributed by atoms with Crippen LogP contribution in [0.2, 0.25) is 0 Å². The lowest BCUT2D eigenvalue weighted by Crippen LogP contribution is -2.58. The van der Waals surface area contributed by atoms with E-state index in [0.717, 1.165) is 60.6 Å². The summed E-state index contributed by atoms with van der Waals surface area (Å²) in [7, 11) is -3.91. The van der Waals surface area contributed by atoms with Crippen molar-refractivity contribution in [2.45, 2.75) is 118 Å². The summed E-state index contributed by atoms with van der Waals surface area (Å²) in [4.78, 5) is 64.5. The number of sulfonamides is 1. The normalized spacial score (nSPS) is 26.9. The Morgan fingerprint density at radius 3 is 2.43 bits per heavy atom. The van der Waals surface area contributed by atoms with Crippen LogP contribution in [0.15, 0.2) is 79.0 Å². The van der Waals surface area contributed by atoms with Crippen molar-refractivity contribution in [3.05, 3.63) is 79.0 Å². The quantitative estimate of drug-likeness (QED) is 0.195. The minimum atomic E-state index is -3.91. The van der Waals surface area contributed by atoms with Crippen LogP contribution in [0.3, 0.4) is 0 Å². The highest BCUT2D eigenvalue weighted by molar-refractivity contribution is 7.91. The number of rotatable bonds is 8. The first kappa shape index (κ1) is 39.8. The van der Waals surface area contributed by atoms with Gasteiger partial charge in [-0.3, -0.25) is 24.1 Å². The Bertz CT molecular complexity index is 2420. The van der Waals surface area contributed by atoms with E-state index in [1.165, 1.54) is 4.90 Å². The Labute approximate surface area is 348 Å². The zero-order chi connectivity index (χ0) is 41.4. The topological polar surface area (TPSA) is 195 Å². The maximum atomic E-state index is 14.8. The van der Waals surface area contributed by atoms with Gasteiger partial charge in [0.1, 0.15) is 35.1 Å². The van der Waals surface area contributed by atoms with Crippen molar-refractivity contribution >= 4 is 44.7 Å². The number of carbonyl (C=O) groups excluding carboxylic acids is 4. The van der Waals surface area contributed by atoms with E-state index in [0.29, 0.717) is 43.5 Å². The van der Waals surface area contributed by atoms with E-state index >= 15 is 0 Å². The Kier molecular flexibility index (Phi) is 10.9. The maximum Gasteiger partial charge on any atom is 0.408 e. The summed E-state index contributed by atoms with van der Waals surface area (Å²) in [5, 5.41) is 16.2. The zero-order valence-electron chi connectivity index (χ0n) is 33.4. The van der Waals surface area contributed by atoms with Crippen molar-refractivity contribution in [1.29, 1.82) is 0 Å². The van der Waals surface area contributed by atoms with Crippen molar-refractivity contribution in [2.24, 2.45) is 5.92 Å². The first-order valence-corrected chi connectivity index (χ1v) is 22.8. The Balaban J connectivity index is 1.07. The fourth-order valence-corrected chi connectivity index (χ4v) is 10.4. The second-order valence-electron chi connectivity index (χ2n) is 16.9. The molecule has 5 atom stereocenters. The van der Waals surface area contributed by atoms with Crippen molar-refractivity contribution in [3.8, 4) is 22.5 Å². The lowest BCUT2D eigenvalue weighted by Gasteiger charge is -2.30. The molecule has 16 heteroatoms. The predicted octanol–water partition coefficient (Wildman–Crippen LogP) is 5.34. The lowest BCUT2D eigenvalue weighted by molar-refractivity contribution is -0.141. The summed E-state index contributed by atoms with van der Waals surface area (Å²) in [6.07, 6.45) is 12.7. The predicted molar refractivity (Wildman–Crippen MR) is 222 cm³/mol. The van der Waals surface area contributed by atoms with Gasteiger partial charge in [-0.2, -0.15) is 15.0 Å². The third-order valence-corrected chi connectivity index (χ3v) is 14.4. The van der Waals surface area contributed by atoms with Gasteiger partial charge in [0, 0.05) is 41.6 Å². The monoisotopic (exact) mass is 834 g/mol. The number of para-hydroxylation sites is 1. The number of pyridine rings is 1. The highest BCUT2D eigenvalue weighted by Gasteiger charge is 2.62. The van der Waals surface area contributed by atoms with Gasteiger partial charge in [0.2, 0.25) is 21.8 Å². The van der Waals surface area contributed by atoms with Gasteiger partial charge in [0.25, 0.3) is 5.91 Å². The molecular formula is C44H50N8O7S. The molecule has 2 aromatic heterocycles. The molecule has 4 fully saturated rings. The summed E-state index contributed by atoms with van der Waals surface area (Å²) in [6.45, 7) is 0.0293. The molecule has 3 aliphatic carbocycles. The molecule has 15 nitrogen and oxygen atoms in total. The van der Waals surface area contributed by atoms with E-state index < -0.39 is 68.7 Å². The van der Waals surface area contributed by atoms with E-state index in [-0.39, 0.29) is 25.5 Å². The number of nitrogens with zero attached hydrogens (tertiary/aromatic N) is 5. The smallest absolute Gasteiger partial charge is 0.408 e. The molecule has 60 heavy (non-hydrogen) atoms. The van der Waals surface area contributed by atoms with Crippen LogP contribution in [0, 0.1) is 5.92 Å². The third kappa shape index (κ3) is 8.13. The van der Waals surface area contributed by atoms with Gasteiger partial charge in [-0.25, -0.2) is 13.2 Å². The minimum absolute atomic E-state index is 0.0293. The highest BCUT2D eigenvalue weighted by atomic mass is 32.2. The van der Waals surface area contributed by atoms with Gasteiger partial charge in [0.05, 0.1) is 16.8 Å². The van der Waals surface area contributed by atoms with Gasteiger partial charge in [0.15, 0.2) is 0 Å². The van der Waals surface area contributed by atoms with Gasteiger partial charge in [-0.15, -0.1) is 0 Å². The fourth-order valence-electron chi connectivity index (χ4n) is 9.03. The Hall–Kier alpha value is -5.64. The van der Waals surface area contributed by atoms with Crippen molar-refractivity contribution < 1.29 is 32.3 Å². The van der Waals surface area contributed by atoms with E-state index in [4.69, 9.17) is 14.9 Å².